The van der Waals surface area contributed by atoms with Crippen LogP contribution >= 0.6 is 11.6 Å². The molecular formula is C20H23ClF2N2O2. The fourth-order valence-corrected chi connectivity index (χ4v) is 3.58. The van der Waals surface area contributed by atoms with Crippen LogP contribution < -0.4 is 5.32 Å². The monoisotopic (exact) mass is 396 g/mol. The van der Waals surface area contributed by atoms with E-state index in [1.54, 1.807) is 64.2 Å². The summed E-state index contributed by atoms with van der Waals surface area (Å²) in [4.78, 5) is 4.27. The summed E-state index contributed by atoms with van der Waals surface area (Å²) in [7, 11) is 0. The third kappa shape index (κ3) is 3.53. The Kier molecular flexibility index (Phi) is 5.70. The van der Waals surface area contributed by atoms with Crippen LogP contribution in [0.15, 0.2) is 36.5 Å². The van der Waals surface area contributed by atoms with Crippen molar-refractivity contribution in [1.82, 2.24) is 4.98 Å². The van der Waals surface area contributed by atoms with Gasteiger partial charge in [-0.3, -0.25) is 0 Å². The van der Waals surface area contributed by atoms with E-state index in [4.69, 9.17) is 21.1 Å². The van der Waals surface area contributed by atoms with E-state index in [-0.39, 0.29) is 12.2 Å². The van der Waals surface area contributed by atoms with Gasteiger partial charge in [-0.05, 0) is 57.5 Å². The molecule has 0 saturated carbocycles. The molecule has 27 heavy (non-hydrogen) atoms. The van der Waals surface area contributed by atoms with Gasteiger partial charge < -0.3 is 14.8 Å². The lowest BCUT2D eigenvalue weighted by atomic mass is 9.71. The van der Waals surface area contributed by atoms with Gasteiger partial charge in [0.2, 0.25) is 0 Å². The molecule has 0 radical (unpaired) electrons. The highest BCUT2D eigenvalue weighted by atomic mass is 35.5. The van der Waals surface area contributed by atoms with Gasteiger partial charge >= 0.3 is 0 Å². The maximum atomic E-state index is 15.0. The van der Waals surface area contributed by atoms with Crippen LogP contribution in [0.25, 0.3) is 0 Å². The third-order valence-corrected chi connectivity index (χ3v) is 4.68. The number of hydrogen-bond acceptors (Lipinski definition) is 4. The highest BCUT2D eigenvalue weighted by molar-refractivity contribution is 6.30. The number of nitrogens with one attached hydrogen (secondary N) is 1. The van der Waals surface area contributed by atoms with Crippen LogP contribution in [-0.2, 0) is 14.9 Å². The number of alkyl halides is 2. The molecule has 2 aromatic rings. The molecule has 0 fully saturated rings. The number of nitrogens with zero attached hydrogens (tertiary/aromatic N) is 1. The summed E-state index contributed by atoms with van der Waals surface area (Å²) >= 11 is 6.18. The van der Waals surface area contributed by atoms with Crippen LogP contribution in [0.1, 0.15) is 38.8 Å². The highest BCUT2D eigenvalue weighted by Gasteiger charge is 2.56. The maximum absolute atomic E-state index is 15.0. The minimum absolute atomic E-state index is 0.318. The number of rotatable bonds is 6. The molecule has 7 heteroatoms. The Hall–Kier alpha value is -1.76. The second kappa shape index (κ2) is 7.70. The summed E-state index contributed by atoms with van der Waals surface area (Å²) in [6.45, 7) is 7.17. The molecule has 0 bridgehead atoms. The van der Waals surface area contributed by atoms with Crippen LogP contribution in [0.2, 0.25) is 5.02 Å². The molecule has 4 nitrogen and oxygen atoms in total. The summed E-state index contributed by atoms with van der Waals surface area (Å²) < 4.78 is 41.8. The van der Waals surface area contributed by atoms with E-state index in [2.05, 4.69) is 10.3 Å². The average Bonchev–Trinajstić information content (AvgIpc) is 2.58. The normalized spacial score (nSPS) is 18.8. The van der Waals surface area contributed by atoms with E-state index in [0.717, 1.165) is 0 Å². The summed E-state index contributed by atoms with van der Waals surface area (Å²) in [5.41, 5.74) is -0.711. The average molecular weight is 397 g/mol. The van der Waals surface area contributed by atoms with Gasteiger partial charge in [0.1, 0.15) is 11.2 Å². The smallest absolute Gasteiger partial charge is 0.257 e. The van der Waals surface area contributed by atoms with Gasteiger partial charge in [0, 0.05) is 22.5 Å². The molecule has 1 aromatic heterocycles. The van der Waals surface area contributed by atoms with E-state index in [0.29, 0.717) is 27.7 Å². The molecule has 2 heterocycles. The highest BCUT2D eigenvalue weighted by Crippen LogP contribution is 2.52. The van der Waals surface area contributed by atoms with E-state index in [1.165, 1.54) is 0 Å². The molecule has 1 atom stereocenters. The van der Waals surface area contributed by atoms with Crippen molar-refractivity contribution in [2.45, 2.75) is 58.0 Å². The van der Waals surface area contributed by atoms with Crippen LogP contribution in [0, 0.1) is 0 Å². The minimum Gasteiger partial charge on any atom is -0.348 e. The third-order valence-electron chi connectivity index (χ3n) is 4.44. The van der Waals surface area contributed by atoms with Crippen molar-refractivity contribution in [3.05, 3.63) is 52.7 Å². The number of fused-ring (bicyclic) bond motifs is 2. The lowest BCUT2D eigenvalue weighted by Crippen LogP contribution is -2.53. The van der Waals surface area contributed by atoms with Crippen molar-refractivity contribution in [1.29, 1.82) is 0 Å². The molecule has 1 unspecified atom stereocenters. The number of hydrogen-bond donors (Lipinski definition) is 1. The molecule has 0 aliphatic carbocycles. The molecular weight excluding hydrogens is 374 g/mol. The minimum atomic E-state index is -2.82. The first kappa shape index (κ1) is 20.0. The Balaban J connectivity index is 2.33. The molecule has 1 N–H and O–H groups in total. The molecule has 0 amide bonds. The first-order valence-corrected chi connectivity index (χ1v) is 9.26. The number of ether oxygens (including phenoxy) is 2. The van der Waals surface area contributed by atoms with Crippen molar-refractivity contribution in [2.75, 3.05) is 5.32 Å². The van der Waals surface area contributed by atoms with Gasteiger partial charge in [-0.25, -0.2) is 13.8 Å². The molecule has 0 saturated heterocycles. The SMILES string of the molecule is CC(C)OC(OC(C)C)C1(C(F)F)c2cc(Cl)ccc2Nc2ncccc21. The topological polar surface area (TPSA) is 43.4 Å². The Morgan fingerprint density at radius 3 is 2.30 bits per heavy atom. The van der Waals surface area contributed by atoms with Crippen molar-refractivity contribution >= 4 is 23.1 Å². The van der Waals surface area contributed by atoms with E-state index in [9.17, 15) is 8.78 Å². The first-order valence-electron chi connectivity index (χ1n) is 8.88. The van der Waals surface area contributed by atoms with Crippen molar-refractivity contribution < 1.29 is 18.3 Å². The number of pyridine rings is 1. The fourth-order valence-electron chi connectivity index (χ4n) is 3.41. The zero-order chi connectivity index (χ0) is 19.8. The van der Waals surface area contributed by atoms with Crippen LogP contribution in [0.4, 0.5) is 20.3 Å². The Morgan fingerprint density at radius 2 is 1.70 bits per heavy atom. The second-order valence-electron chi connectivity index (χ2n) is 7.09. The Labute approximate surface area is 162 Å². The predicted octanol–water partition coefficient (Wildman–Crippen LogP) is 5.52. The van der Waals surface area contributed by atoms with E-state index < -0.39 is 18.1 Å². The summed E-state index contributed by atoms with van der Waals surface area (Å²) in [6.07, 6.45) is -3.11. The second-order valence-corrected chi connectivity index (χ2v) is 7.52. The number of benzene rings is 1. The van der Waals surface area contributed by atoms with Gasteiger partial charge in [-0.1, -0.05) is 17.7 Å². The molecule has 1 aromatic carbocycles. The van der Waals surface area contributed by atoms with Gasteiger partial charge in [-0.15, -0.1) is 0 Å². The maximum Gasteiger partial charge on any atom is 0.257 e. The van der Waals surface area contributed by atoms with Gasteiger partial charge in [0.25, 0.3) is 6.43 Å². The van der Waals surface area contributed by atoms with Gasteiger partial charge in [0.15, 0.2) is 6.29 Å². The van der Waals surface area contributed by atoms with Crippen molar-refractivity contribution in [2.24, 2.45) is 0 Å². The largest absolute Gasteiger partial charge is 0.348 e. The molecule has 1 aliphatic heterocycles. The quantitative estimate of drug-likeness (QED) is 0.653. The van der Waals surface area contributed by atoms with Crippen molar-refractivity contribution in [3.63, 3.8) is 0 Å². The molecule has 3 rings (SSSR count). The summed E-state index contributed by atoms with van der Waals surface area (Å²) in [6, 6.07) is 8.14. The van der Waals surface area contributed by atoms with Gasteiger partial charge in [0.05, 0.1) is 12.2 Å². The van der Waals surface area contributed by atoms with E-state index in [1.807, 2.05) is 0 Å². The zero-order valence-corrected chi connectivity index (χ0v) is 16.4. The van der Waals surface area contributed by atoms with Gasteiger partial charge in [-0.2, -0.15) is 0 Å². The summed E-state index contributed by atoms with van der Waals surface area (Å²) in [5.74, 6) is 0.359. The number of halogens is 3. The predicted molar refractivity (Wildman–Crippen MR) is 102 cm³/mol. The standard InChI is InChI=1S/C20H23ClF2N2O2/c1-11(2)26-19(27-12(3)4)20(18(22)23)14-6-5-9-24-17(14)25-16-8-7-13(21)10-15(16)20/h5-12,18-19H,1-4H3,(H,24,25). The van der Waals surface area contributed by atoms with Crippen LogP contribution in [0.5, 0.6) is 0 Å². The lowest BCUT2D eigenvalue weighted by molar-refractivity contribution is -0.229. The lowest BCUT2D eigenvalue weighted by Gasteiger charge is -2.45. The first-order chi connectivity index (χ1) is 12.8. The Morgan fingerprint density at radius 1 is 1.04 bits per heavy atom. The zero-order valence-electron chi connectivity index (χ0n) is 15.7. The van der Waals surface area contributed by atoms with Crippen LogP contribution in [0.3, 0.4) is 0 Å². The molecule has 1 aliphatic rings. The number of anilines is 2. The van der Waals surface area contributed by atoms with E-state index >= 15 is 0 Å². The summed E-state index contributed by atoms with van der Waals surface area (Å²) in [5, 5.41) is 3.49. The molecule has 0 spiro atoms. The Bertz CT molecular complexity index is 806. The fraction of sp³-hybridized carbons (Fsp3) is 0.450. The van der Waals surface area contributed by atoms with Crippen molar-refractivity contribution in [3.8, 4) is 0 Å². The number of aromatic nitrogens is 1. The van der Waals surface area contributed by atoms with Crippen LogP contribution in [-0.4, -0.2) is 29.9 Å². The molecule has 146 valence electrons.